The molecule has 3 aromatic carbocycles. The zero-order chi connectivity index (χ0) is 20.5. The average molecular weight is 398 g/mol. The van der Waals surface area contributed by atoms with E-state index in [4.69, 9.17) is 0 Å². The summed E-state index contributed by atoms with van der Waals surface area (Å²) in [4.78, 5) is 0. The third-order valence-electron chi connectivity index (χ3n) is 5.68. The van der Waals surface area contributed by atoms with E-state index in [1.165, 1.54) is 30.0 Å². The molecule has 0 amide bonds. The molecule has 3 aromatic rings. The van der Waals surface area contributed by atoms with E-state index in [1.54, 1.807) is 6.07 Å². The molecule has 4 heteroatoms. The van der Waals surface area contributed by atoms with Crippen molar-refractivity contribution >= 4 is 0 Å². The SMILES string of the molecule is CCCCCc1ccc2c(c1)CCc1cc(-c3cc(F)c(F)c(F)c3)c(F)cc1-2. The lowest BCUT2D eigenvalue weighted by Gasteiger charge is -2.22. The maximum atomic E-state index is 14.9. The monoisotopic (exact) mass is 398 g/mol. The Labute approximate surface area is 168 Å². The van der Waals surface area contributed by atoms with Gasteiger partial charge in [0.25, 0.3) is 0 Å². The van der Waals surface area contributed by atoms with Gasteiger partial charge in [-0.1, -0.05) is 38.0 Å². The van der Waals surface area contributed by atoms with E-state index in [1.807, 2.05) is 6.07 Å². The highest BCUT2D eigenvalue weighted by Crippen LogP contribution is 2.38. The van der Waals surface area contributed by atoms with Crippen LogP contribution in [0.25, 0.3) is 22.3 Å². The number of unbranched alkanes of at least 4 members (excludes halogenated alkanes) is 2. The minimum Gasteiger partial charge on any atom is -0.206 e. The van der Waals surface area contributed by atoms with Gasteiger partial charge in [0.05, 0.1) is 0 Å². The zero-order valence-corrected chi connectivity index (χ0v) is 16.3. The summed E-state index contributed by atoms with van der Waals surface area (Å²) in [5.74, 6) is -4.76. The Hall–Kier alpha value is -2.62. The van der Waals surface area contributed by atoms with Crippen LogP contribution in [0.15, 0.2) is 42.5 Å². The topological polar surface area (TPSA) is 0 Å². The van der Waals surface area contributed by atoms with Crippen LogP contribution in [0.3, 0.4) is 0 Å². The Balaban J connectivity index is 1.71. The molecule has 0 spiro atoms. The van der Waals surface area contributed by atoms with Crippen LogP contribution in [0.1, 0.15) is 42.9 Å². The Bertz CT molecular complexity index is 1050. The van der Waals surface area contributed by atoms with Gasteiger partial charge in [-0.25, -0.2) is 17.6 Å². The van der Waals surface area contributed by atoms with E-state index in [2.05, 4.69) is 19.1 Å². The Kier molecular flexibility index (Phi) is 5.44. The molecule has 150 valence electrons. The molecule has 0 atom stereocenters. The molecule has 0 aliphatic heterocycles. The largest absolute Gasteiger partial charge is 0.206 e. The summed E-state index contributed by atoms with van der Waals surface area (Å²) in [6.07, 6.45) is 6.15. The third-order valence-corrected chi connectivity index (χ3v) is 5.68. The molecule has 0 fully saturated rings. The summed E-state index contributed by atoms with van der Waals surface area (Å²) in [5.41, 5.74) is 5.34. The van der Waals surface area contributed by atoms with Crippen LogP contribution in [0.2, 0.25) is 0 Å². The number of hydrogen-bond acceptors (Lipinski definition) is 0. The number of benzene rings is 3. The molecule has 0 heterocycles. The number of fused-ring (bicyclic) bond motifs is 3. The molecule has 0 saturated carbocycles. The predicted octanol–water partition coefficient (Wildman–Crippen LogP) is 7.41. The molecule has 4 rings (SSSR count). The number of hydrogen-bond donors (Lipinski definition) is 0. The van der Waals surface area contributed by atoms with Crippen LogP contribution in [0.5, 0.6) is 0 Å². The minimum atomic E-state index is -1.55. The van der Waals surface area contributed by atoms with Crippen LogP contribution in [0.4, 0.5) is 17.6 Å². The van der Waals surface area contributed by atoms with Gasteiger partial charge < -0.3 is 0 Å². The van der Waals surface area contributed by atoms with Gasteiger partial charge in [0.1, 0.15) is 5.82 Å². The van der Waals surface area contributed by atoms with E-state index >= 15 is 0 Å². The smallest absolute Gasteiger partial charge is 0.194 e. The summed E-state index contributed by atoms with van der Waals surface area (Å²) in [6, 6.07) is 11.1. The summed E-state index contributed by atoms with van der Waals surface area (Å²) in [5, 5.41) is 0. The lowest BCUT2D eigenvalue weighted by molar-refractivity contribution is 0.447. The van der Waals surface area contributed by atoms with Crippen molar-refractivity contribution in [2.75, 3.05) is 0 Å². The van der Waals surface area contributed by atoms with Crippen molar-refractivity contribution in [2.45, 2.75) is 45.4 Å². The standard InChI is InChI=1S/C25H22F4/c1-2-3-4-5-15-6-9-19-16(10-15)7-8-17-11-21(22(26)14-20(17)19)18-12-23(27)25(29)24(28)13-18/h6,9-14H,2-5,7-8H2,1H3. The van der Waals surface area contributed by atoms with Crippen molar-refractivity contribution in [2.24, 2.45) is 0 Å². The second-order valence-corrected chi connectivity index (χ2v) is 7.69. The van der Waals surface area contributed by atoms with Gasteiger partial charge >= 0.3 is 0 Å². The third kappa shape index (κ3) is 3.81. The highest BCUT2D eigenvalue weighted by atomic mass is 19.2. The van der Waals surface area contributed by atoms with Crippen molar-refractivity contribution in [3.05, 3.63) is 82.4 Å². The first-order valence-corrected chi connectivity index (χ1v) is 10.1. The number of aryl methyl sites for hydroxylation is 3. The maximum absolute atomic E-state index is 14.9. The second-order valence-electron chi connectivity index (χ2n) is 7.69. The first-order chi connectivity index (χ1) is 14.0. The molecule has 29 heavy (non-hydrogen) atoms. The summed E-state index contributed by atoms with van der Waals surface area (Å²) in [7, 11) is 0. The first-order valence-electron chi connectivity index (χ1n) is 10.1. The lowest BCUT2D eigenvalue weighted by Crippen LogP contribution is -2.06. The van der Waals surface area contributed by atoms with Crippen LogP contribution >= 0.6 is 0 Å². The number of halogens is 4. The molecule has 0 bridgehead atoms. The average Bonchev–Trinajstić information content (AvgIpc) is 2.71. The second kappa shape index (κ2) is 8.02. The number of rotatable bonds is 5. The van der Waals surface area contributed by atoms with Crippen molar-refractivity contribution in [3.8, 4) is 22.3 Å². The van der Waals surface area contributed by atoms with Gasteiger partial charge in [-0.15, -0.1) is 0 Å². The van der Waals surface area contributed by atoms with Gasteiger partial charge in [0.2, 0.25) is 0 Å². The van der Waals surface area contributed by atoms with Crippen LogP contribution < -0.4 is 0 Å². The van der Waals surface area contributed by atoms with Gasteiger partial charge in [-0.3, -0.25) is 0 Å². The maximum Gasteiger partial charge on any atom is 0.194 e. The van der Waals surface area contributed by atoms with E-state index in [0.29, 0.717) is 0 Å². The predicted molar refractivity (Wildman–Crippen MR) is 108 cm³/mol. The van der Waals surface area contributed by atoms with Crippen LogP contribution in [-0.4, -0.2) is 0 Å². The first kappa shape index (κ1) is 19.7. The molecule has 0 aromatic heterocycles. The molecule has 0 nitrogen and oxygen atoms in total. The van der Waals surface area contributed by atoms with Crippen LogP contribution in [-0.2, 0) is 19.3 Å². The molecule has 0 radical (unpaired) electrons. The van der Waals surface area contributed by atoms with Gasteiger partial charge in [-0.2, -0.15) is 0 Å². The highest BCUT2D eigenvalue weighted by Gasteiger charge is 2.21. The quantitative estimate of drug-likeness (QED) is 0.238. The van der Waals surface area contributed by atoms with Crippen LogP contribution in [0, 0.1) is 23.3 Å². The minimum absolute atomic E-state index is 0.00114. The molecular weight excluding hydrogens is 376 g/mol. The molecular formula is C25H22F4. The van der Waals surface area contributed by atoms with Crippen molar-refractivity contribution in [1.82, 2.24) is 0 Å². The lowest BCUT2D eigenvalue weighted by atomic mass is 9.83. The van der Waals surface area contributed by atoms with Gasteiger partial charge in [0.15, 0.2) is 17.5 Å². The van der Waals surface area contributed by atoms with E-state index in [-0.39, 0.29) is 11.1 Å². The molecule has 1 aliphatic carbocycles. The highest BCUT2D eigenvalue weighted by molar-refractivity contribution is 5.78. The van der Waals surface area contributed by atoms with E-state index < -0.39 is 23.3 Å². The van der Waals surface area contributed by atoms with Gasteiger partial charge in [-0.05, 0) is 83.3 Å². The van der Waals surface area contributed by atoms with E-state index in [0.717, 1.165) is 54.5 Å². The van der Waals surface area contributed by atoms with Crippen molar-refractivity contribution in [1.29, 1.82) is 0 Å². The molecule has 0 unspecified atom stereocenters. The summed E-state index contributed by atoms with van der Waals surface area (Å²) < 4.78 is 55.3. The fraction of sp³-hybridized carbons (Fsp3) is 0.280. The summed E-state index contributed by atoms with van der Waals surface area (Å²) in [6.45, 7) is 2.18. The Morgan fingerprint density at radius 1 is 0.690 bits per heavy atom. The fourth-order valence-corrected chi connectivity index (χ4v) is 4.13. The zero-order valence-electron chi connectivity index (χ0n) is 16.3. The van der Waals surface area contributed by atoms with Crippen molar-refractivity contribution < 1.29 is 17.6 Å². The van der Waals surface area contributed by atoms with E-state index in [9.17, 15) is 17.6 Å². The van der Waals surface area contributed by atoms with Crippen molar-refractivity contribution in [3.63, 3.8) is 0 Å². The summed E-state index contributed by atoms with van der Waals surface area (Å²) >= 11 is 0. The molecule has 0 saturated heterocycles. The fourth-order valence-electron chi connectivity index (χ4n) is 4.13. The normalized spacial score (nSPS) is 12.6. The molecule has 0 N–H and O–H groups in total. The molecule has 1 aliphatic rings. The Morgan fingerprint density at radius 2 is 1.38 bits per heavy atom. The Morgan fingerprint density at radius 3 is 2.07 bits per heavy atom. The van der Waals surface area contributed by atoms with Gasteiger partial charge in [0, 0.05) is 5.56 Å².